The van der Waals surface area contributed by atoms with Gasteiger partial charge in [0.05, 0.1) is 6.42 Å². The number of carbonyl (C=O) groups excluding carboxylic acids is 1. The molecule has 0 bridgehead atoms. The summed E-state index contributed by atoms with van der Waals surface area (Å²) >= 11 is 0. The Kier molecular flexibility index (Phi) is 2.37. The van der Waals surface area contributed by atoms with E-state index in [2.05, 4.69) is 10.1 Å². The fraction of sp³-hybridized carbons (Fsp3) is 0.222. The van der Waals surface area contributed by atoms with Crippen LogP contribution >= 0.6 is 0 Å². The second kappa shape index (κ2) is 3.58. The molecular weight excluding hydrogens is 223 g/mol. The first-order chi connectivity index (χ1) is 7.48. The molecule has 0 unspecified atom stereocenters. The van der Waals surface area contributed by atoms with E-state index < -0.39 is 24.2 Å². The van der Waals surface area contributed by atoms with Gasteiger partial charge in [0.2, 0.25) is 0 Å². The third kappa shape index (κ3) is 1.88. The molecule has 0 fully saturated rings. The Labute approximate surface area is 88.4 Å². The lowest BCUT2D eigenvalue weighted by Gasteiger charge is -2.09. The molecule has 0 atom stereocenters. The zero-order chi connectivity index (χ0) is 11.8. The van der Waals surface area contributed by atoms with Crippen molar-refractivity contribution in [2.24, 2.45) is 5.10 Å². The van der Waals surface area contributed by atoms with Crippen LogP contribution in [-0.2, 0) is 4.79 Å². The predicted octanol–water partition coefficient (Wildman–Crippen LogP) is 1.74. The molecule has 0 aromatic carbocycles. The van der Waals surface area contributed by atoms with Gasteiger partial charge in [-0.2, -0.15) is 23.3 Å². The largest absolute Gasteiger partial charge is 0.431 e. The van der Waals surface area contributed by atoms with Crippen molar-refractivity contribution >= 4 is 17.4 Å². The van der Waals surface area contributed by atoms with Crippen LogP contribution in [0.2, 0.25) is 0 Å². The van der Waals surface area contributed by atoms with Crippen LogP contribution in [0.25, 0.3) is 0 Å². The Morgan fingerprint density at radius 1 is 1.31 bits per heavy atom. The van der Waals surface area contributed by atoms with Crippen LogP contribution in [0.5, 0.6) is 0 Å². The number of carbonyl (C=O) groups is 1. The Hall–Kier alpha value is -1.92. The summed E-state index contributed by atoms with van der Waals surface area (Å²) in [6.07, 6.45) is -3.93. The van der Waals surface area contributed by atoms with Gasteiger partial charge in [0.25, 0.3) is 5.91 Å². The van der Waals surface area contributed by atoms with Crippen molar-refractivity contribution in [2.45, 2.75) is 12.6 Å². The number of rotatable bonds is 1. The summed E-state index contributed by atoms with van der Waals surface area (Å²) in [4.78, 5) is 15.1. The molecule has 84 valence electrons. The zero-order valence-electron chi connectivity index (χ0n) is 7.90. The third-order valence-electron chi connectivity index (χ3n) is 1.97. The molecule has 1 aliphatic rings. The minimum atomic E-state index is -4.57. The van der Waals surface area contributed by atoms with Gasteiger partial charge >= 0.3 is 6.18 Å². The number of hydrazone groups is 1. The van der Waals surface area contributed by atoms with Gasteiger partial charge in [-0.1, -0.05) is 6.07 Å². The predicted molar refractivity (Wildman–Crippen MR) is 49.8 cm³/mol. The van der Waals surface area contributed by atoms with Crippen LogP contribution in [0.15, 0.2) is 29.5 Å². The van der Waals surface area contributed by atoms with E-state index in [1.54, 1.807) is 12.1 Å². The monoisotopic (exact) mass is 229 g/mol. The number of amides is 1. The molecule has 1 aromatic rings. The van der Waals surface area contributed by atoms with Crippen LogP contribution in [0.4, 0.5) is 19.0 Å². The highest BCUT2D eigenvalue weighted by atomic mass is 19.4. The van der Waals surface area contributed by atoms with E-state index in [1.807, 2.05) is 0 Å². The average Bonchev–Trinajstić information content (AvgIpc) is 2.61. The number of aromatic nitrogens is 1. The number of nitrogens with zero attached hydrogens (tertiary/aromatic N) is 3. The Bertz CT molecular complexity index is 441. The van der Waals surface area contributed by atoms with E-state index in [9.17, 15) is 18.0 Å². The molecule has 0 saturated heterocycles. The summed E-state index contributed by atoms with van der Waals surface area (Å²) in [5, 5.41) is 3.89. The highest BCUT2D eigenvalue weighted by Gasteiger charge is 2.42. The summed E-state index contributed by atoms with van der Waals surface area (Å²) in [5.74, 6) is -0.641. The van der Waals surface area contributed by atoms with Crippen molar-refractivity contribution in [2.75, 3.05) is 5.01 Å². The number of hydrogen-bond acceptors (Lipinski definition) is 3. The molecule has 4 nitrogen and oxygen atoms in total. The Morgan fingerprint density at radius 2 is 2.06 bits per heavy atom. The number of pyridine rings is 1. The molecule has 2 rings (SSSR count). The summed E-state index contributed by atoms with van der Waals surface area (Å²) in [6, 6.07) is 4.58. The molecule has 0 N–H and O–H groups in total. The quantitative estimate of drug-likeness (QED) is 0.736. The lowest BCUT2D eigenvalue weighted by molar-refractivity contribution is -0.117. The molecule has 2 heterocycles. The van der Waals surface area contributed by atoms with Crippen molar-refractivity contribution in [1.82, 2.24) is 4.98 Å². The normalized spacial score (nSPS) is 16.6. The van der Waals surface area contributed by atoms with E-state index >= 15 is 0 Å². The molecule has 16 heavy (non-hydrogen) atoms. The molecule has 1 aliphatic heterocycles. The van der Waals surface area contributed by atoms with Crippen molar-refractivity contribution in [3.63, 3.8) is 0 Å². The van der Waals surface area contributed by atoms with Crippen LogP contribution in [0.1, 0.15) is 6.42 Å². The second-order valence-corrected chi connectivity index (χ2v) is 3.11. The van der Waals surface area contributed by atoms with Crippen LogP contribution in [-0.4, -0.2) is 22.8 Å². The lowest BCUT2D eigenvalue weighted by atomic mass is 10.2. The van der Waals surface area contributed by atoms with Gasteiger partial charge in [0.1, 0.15) is 0 Å². The number of hydrogen-bond donors (Lipinski definition) is 0. The number of alkyl halides is 3. The summed E-state index contributed by atoms with van der Waals surface area (Å²) in [5.41, 5.74) is -1.09. The standard InChI is InChI=1S/C9H6F3N3O/c10-9(11,12)6-5-8(16)15(14-6)7-3-1-2-4-13-7/h1-4H,5H2. The van der Waals surface area contributed by atoms with Crippen molar-refractivity contribution in [3.05, 3.63) is 24.4 Å². The topological polar surface area (TPSA) is 45.6 Å². The molecule has 0 aliphatic carbocycles. The van der Waals surface area contributed by atoms with E-state index in [0.717, 1.165) is 0 Å². The molecule has 0 spiro atoms. The fourth-order valence-electron chi connectivity index (χ4n) is 1.24. The maximum atomic E-state index is 12.3. The van der Waals surface area contributed by atoms with E-state index in [-0.39, 0.29) is 5.82 Å². The minimum Gasteiger partial charge on any atom is -0.272 e. The first-order valence-corrected chi connectivity index (χ1v) is 4.37. The molecule has 0 saturated carbocycles. The minimum absolute atomic E-state index is 0.0896. The van der Waals surface area contributed by atoms with Crippen molar-refractivity contribution in [3.8, 4) is 0 Å². The van der Waals surface area contributed by atoms with Crippen LogP contribution in [0, 0.1) is 0 Å². The summed E-state index contributed by atoms with van der Waals surface area (Å²) < 4.78 is 36.9. The number of halogens is 3. The van der Waals surface area contributed by atoms with Crippen LogP contribution in [0.3, 0.4) is 0 Å². The van der Waals surface area contributed by atoms with E-state index in [4.69, 9.17) is 0 Å². The van der Waals surface area contributed by atoms with E-state index in [1.165, 1.54) is 12.3 Å². The van der Waals surface area contributed by atoms with Gasteiger partial charge in [-0.15, -0.1) is 0 Å². The smallest absolute Gasteiger partial charge is 0.272 e. The zero-order valence-corrected chi connectivity index (χ0v) is 7.90. The molecular formula is C9H6F3N3O. The highest BCUT2D eigenvalue weighted by molar-refractivity contribution is 6.14. The van der Waals surface area contributed by atoms with Gasteiger partial charge in [0.15, 0.2) is 11.5 Å². The van der Waals surface area contributed by atoms with Gasteiger partial charge in [-0.3, -0.25) is 4.79 Å². The summed E-state index contributed by atoms with van der Waals surface area (Å²) in [6.45, 7) is 0. The molecule has 0 radical (unpaired) electrons. The lowest BCUT2D eigenvalue weighted by Crippen LogP contribution is -2.22. The van der Waals surface area contributed by atoms with Gasteiger partial charge < -0.3 is 0 Å². The maximum absolute atomic E-state index is 12.3. The third-order valence-corrected chi connectivity index (χ3v) is 1.97. The first-order valence-electron chi connectivity index (χ1n) is 4.37. The fourth-order valence-corrected chi connectivity index (χ4v) is 1.24. The van der Waals surface area contributed by atoms with Crippen molar-refractivity contribution in [1.29, 1.82) is 0 Å². The van der Waals surface area contributed by atoms with Gasteiger partial charge in [-0.25, -0.2) is 4.98 Å². The van der Waals surface area contributed by atoms with Crippen molar-refractivity contribution < 1.29 is 18.0 Å². The highest BCUT2D eigenvalue weighted by Crippen LogP contribution is 2.26. The Morgan fingerprint density at radius 3 is 2.56 bits per heavy atom. The second-order valence-electron chi connectivity index (χ2n) is 3.11. The first kappa shape index (κ1) is 10.6. The average molecular weight is 229 g/mol. The SMILES string of the molecule is O=C1CC(C(F)(F)F)=NN1c1ccccn1. The molecule has 1 amide bonds. The maximum Gasteiger partial charge on any atom is 0.431 e. The molecule has 1 aromatic heterocycles. The summed E-state index contributed by atoms with van der Waals surface area (Å²) in [7, 11) is 0. The Balaban J connectivity index is 2.31. The van der Waals surface area contributed by atoms with Gasteiger partial charge in [0, 0.05) is 6.20 Å². The van der Waals surface area contributed by atoms with Crippen LogP contribution < -0.4 is 5.01 Å². The molecule has 7 heteroatoms. The van der Waals surface area contributed by atoms with Gasteiger partial charge in [-0.05, 0) is 12.1 Å². The number of anilines is 1. The van der Waals surface area contributed by atoms with E-state index in [0.29, 0.717) is 5.01 Å².